The third-order valence-corrected chi connectivity index (χ3v) is 2.48. The molecule has 3 heteroatoms. The maximum absolute atomic E-state index is 12.9. The molecular weight excluding hydrogens is 245 g/mol. The first kappa shape index (κ1) is 11.1. The number of hydrogen-bond donors (Lipinski definition) is 1. The van der Waals surface area contributed by atoms with Crippen LogP contribution in [0.4, 0.5) is 10.1 Å². The Labute approximate surface area is 91.8 Å². The van der Waals surface area contributed by atoms with Gasteiger partial charge in [-0.05, 0) is 40.5 Å². The van der Waals surface area contributed by atoms with Gasteiger partial charge in [0.15, 0.2) is 0 Å². The lowest BCUT2D eigenvalue weighted by Gasteiger charge is -2.12. The predicted octanol–water partition coefficient (Wildman–Crippen LogP) is 3.41. The van der Waals surface area contributed by atoms with E-state index >= 15 is 0 Å². The van der Waals surface area contributed by atoms with E-state index in [9.17, 15) is 4.39 Å². The average molecular weight is 256 g/mol. The molecule has 0 aliphatic heterocycles. The van der Waals surface area contributed by atoms with Gasteiger partial charge in [-0.1, -0.05) is 12.8 Å². The van der Waals surface area contributed by atoms with E-state index < -0.39 is 0 Å². The molecule has 1 nitrogen and oxygen atoms in total. The fourth-order valence-corrected chi connectivity index (χ4v) is 1.43. The Morgan fingerprint density at radius 2 is 2.36 bits per heavy atom. The quantitative estimate of drug-likeness (QED) is 0.817. The minimum absolute atomic E-state index is 0.00707. The summed E-state index contributed by atoms with van der Waals surface area (Å²) in [5.41, 5.74) is 0.822. The third kappa shape index (κ3) is 2.74. The molecule has 1 atom stereocenters. The van der Waals surface area contributed by atoms with Gasteiger partial charge in [-0.15, -0.1) is 6.42 Å². The third-order valence-electron chi connectivity index (χ3n) is 1.87. The van der Waals surface area contributed by atoms with Crippen molar-refractivity contribution in [2.45, 2.75) is 19.4 Å². The Morgan fingerprint density at radius 1 is 1.64 bits per heavy atom. The molecule has 74 valence electrons. The van der Waals surface area contributed by atoms with Gasteiger partial charge in [0.25, 0.3) is 0 Å². The largest absolute Gasteiger partial charge is 0.372 e. The molecule has 0 aliphatic rings. The topological polar surface area (TPSA) is 12.0 Å². The molecule has 14 heavy (non-hydrogen) atoms. The number of nitrogens with one attached hydrogen (secondary N) is 1. The minimum atomic E-state index is -0.274. The first-order valence-corrected chi connectivity index (χ1v) is 5.14. The van der Waals surface area contributed by atoms with Gasteiger partial charge in [0, 0.05) is 5.69 Å². The van der Waals surface area contributed by atoms with Gasteiger partial charge in [0.2, 0.25) is 0 Å². The second-order valence-electron chi connectivity index (χ2n) is 2.90. The zero-order valence-electron chi connectivity index (χ0n) is 7.85. The van der Waals surface area contributed by atoms with Crippen molar-refractivity contribution in [1.82, 2.24) is 0 Å². The zero-order chi connectivity index (χ0) is 10.6. The molecule has 0 bridgehead atoms. The Morgan fingerprint density at radius 3 is 2.86 bits per heavy atom. The highest BCUT2D eigenvalue weighted by atomic mass is 79.9. The van der Waals surface area contributed by atoms with Gasteiger partial charge in [0.1, 0.15) is 5.82 Å². The first-order chi connectivity index (χ1) is 6.67. The van der Waals surface area contributed by atoms with Gasteiger partial charge in [0.05, 0.1) is 10.5 Å². The molecule has 1 rings (SSSR count). The number of terminal acetylenes is 1. The molecule has 0 aliphatic carbocycles. The predicted molar refractivity (Wildman–Crippen MR) is 60.6 cm³/mol. The van der Waals surface area contributed by atoms with Crippen molar-refractivity contribution < 1.29 is 4.39 Å². The van der Waals surface area contributed by atoms with E-state index in [-0.39, 0.29) is 11.9 Å². The van der Waals surface area contributed by atoms with E-state index in [1.165, 1.54) is 6.07 Å². The number of hydrogen-bond acceptors (Lipinski definition) is 1. The van der Waals surface area contributed by atoms with Gasteiger partial charge in [-0.2, -0.15) is 0 Å². The molecule has 1 unspecified atom stereocenters. The number of halogens is 2. The standard InChI is InChI=1S/C11H11BrFN/c1-3-8(4-2)14-9-5-6-11(13)10(12)7-9/h1,5-8,14H,4H2,2H3. The van der Waals surface area contributed by atoms with E-state index in [0.29, 0.717) is 4.47 Å². The van der Waals surface area contributed by atoms with Crippen LogP contribution in [0.1, 0.15) is 13.3 Å². The molecule has 1 N–H and O–H groups in total. The summed E-state index contributed by atoms with van der Waals surface area (Å²) in [7, 11) is 0. The van der Waals surface area contributed by atoms with Crippen molar-refractivity contribution in [3.05, 3.63) is 28.5 Å². The molecule has 0 radical (unpaired) electrons. The lowest BCUT2D eigenvalue weighted by atomic mass is 10.2. The fourth-order valence-electron chi connectivity index (χ4n) is 1.05. The van der Waals surface area contributed by atoms with Crippen molar-refractivity contribution in [2.24, 2.45) is 0 Å². The van der Waals surface area contributed by atoms with Gasteiger partial charge in [-0.25, -0.2) is 4.39 Å². The molecule has 1 aromatic rings. The van der Waals surface area contributed by atoms with Gasteiger partial charge < -0.3 is 5.32 Å². The van der Waals surface area contributed by atoms with Gasteiger partial charge in [-0.3, -0.25) is 0 Å². The molecular formula is C11H11BrFN. The van der Waals surface area contributed by atoms with Crippen LogP contribution in [0.5, 0.6) is 0 Å². The van der Waals surface area contributed by atoms with Crippen LogP contribution in [0.2, 0.25) is 0 Å². The SMILES string of the molecule is C#CC(CC)Nc1ccc(F)c(Br)c1. The second-order valence-corrected chi connectivity index (χ2v) is 3.76. The van der Waals surface area contributed by atoms with Crippen LogP contribution in [0.3, 0.4) is 0 Å². The maximum atomic E-state index is 12.9. The monoisotopic (exact) mass is 255 g/mol. The summed E-state index contributed by atoms with van der Waals surface area (Å²) in [4.78, 5) is 0. The van der Waals surface area contributed by atoms with Crippen LogP contribution in [-0.4, -0.2) is 6.04 Å². The van der Waals surface area contributed by atoms with Crippen LogP contribution in [0, 0.1) is 18.2 Å². The summed E-state index contributed by atoms with van der Waals surface area (Å²) in [5, 5.41) is 3.11. The normalized spacial score (nSPS) is 11.9. The second kappa shape index (κ2) is 5.02. The minimum Gasteiger partial charge on any atom is -0.372 e. The maximum Gasteiger partial charge on any atom is 0.137 e. The molecule has 1 aromatic carbocycles. The Bertz CT molecular complexity index is 357. The van der Waals surface area contributed by atoms with Crippen LogP contribution in [0.25, 0.3) is 0 Å². The van der Waals surface area contributed by atoms with Crippen LogP contribution >= 0.6 is 15.9 Å². The van der Waals surface area contributed by atoms with Crippen molar-refractivity contribution >= 4 is 21.6 Å². The molecule has 0 saturated carbocycles. The smallest absolute Gasteiger partial charge is 0.137 e. The van der Waals surface area contributed by atoms with E-state index in [2.05, 4.69) is 27.2 Å². The summed E-state index contributed by atoms with van der Waals surface area (Å²) < 4.78 is 13.3. The summed E-state index contributed by atoms with van der Waals surface area (Å²) in [6, 6.07) is 4.73. The highest BCUT2D eigenvalue weighted by molar-refractivity contribution is 9.10. The van der Waals surface area contributed by atoms with E-state index in [1.807, 2.05) is 6.92 Å². The Hall–Kier alpha value is -1.01. The van der Waals surface area contributed by atoms with Gasteiger partial charge >= 0.3 is 0 Å². The van der Waals surface area contributed by atoms with Crippen LogP contribution < -0.4 is 5.32 Å². The molecule has 0 spiro atoms. The molecule has 0 saturated heterocycles. The van der Waals surface area contributed by atoms with Crippen molar-refractivity contribution in [3.63, 3.8) is 0 Å². The van der Waals surface area contributed by atoms with Crippen LogP contribution in [-0.2, 0) is 0 Å². The molecule has 0 aromatic heterocycles. The molecule has 0 fully saturated rings. The lowest BCUT2D eigenvalue weighted by molar-refractivity contribution is 0.621. The number of benzene rings is 1. The lowest BCUT2D eigenvalue weighted by Crippen LogP contribution is -2.15. The highest BCUT2D eigenvalue weighted by Crippen LogP contribution is 2.20. The molecule has 0 heterocycles. The van der Waals surface area contributed by atoms with Crippen molar-refractivity contribution in [1.29, 1.82) is 0 Å². The number of anilines is 1. The fraction of sp³-hybridized carbons (Fsp3) is 0.273. The zero-order valence-corrected chi connectivity index (χ0v) is 9.44. The van der Waals surface area contributed by atoms with Crippen LogP contribution in [0.15, 0.2) is 22.7 Å². The summed E-state index contributed by atoms with van der Waals surface area (Å²) in [5.74, 6) is 2.34. The molecule has 0 amide bonds. The average Bonchev–Trinajstić information content (AvgIpc) is 2.19. The van der Waals surface area contributed by atoms with Crippen molar-refractivity contribution in [2.75, 3.05) is 5.32 Å². The van der Waals surface area contributed by atoms with E-state index in [0.717, 1.165) is 12.1 Å². The number of rotatable bonds is 3. The first-order valence-electron chi connectivity index (χ1n) is 4.35. The Balaban J connectivity index is 2.78. The van der Waals surface area contributed by atoms with Crippen molar-refractivity contribution in [3.8, 4) is 12.3 Å². The summed E-state index contributed by atoms with van der Waals surface area (Å²) >= 11 is 3.11. The Kier molecular flexibility index (Phi) is 3.97. The van der Waals surface area contributed by atoms with E-state index in [1.54, 1.807) is 12.1 Å². The summed E-state index contributed by atoms with van der Waals surface area (Å²) in [6.07, 6.45) is 6.14. The summed E-state index contributed by atoms with van der Waals surface area (Å²) in [6.45, 7) is 2.00. The highest BCUT2D eigenvalue weighted by Gasteiger charge is 2.03. The van der Waals surface area contributed by atoms with E-state index in [4.69, 9.17) is 6.42 Å².